The molecule has 146 valence electrons. The lowest BCUT2D eigenvalue weighted by molar-refractivity contribution is -0.153. The van der Waals surface area contributed by atoms with Crippen LogP contribution in [0.5, 0.6) is 0 Å². The molecule has 0 aliphatic rings. The highest BCUT2D eigenvalue weighted by atomic mass is 16.5. The number of Topliss-reactive ketones (excluding diaryl/α,β-unsaturated/α-hetero) is 2. The van der Waals surface area contributed by atoms with E-state index in [2.05, 4.69) is 5.32 Å². The van der Waals surface area contributed by atoms with Crippen LogP contribution in [0.2, 0.25) is 0 Å². The molecule has 1 N–H and O–H groups in total. The third kappa shape index (κ3) is 6.16. The zero-order chi connectivity index (χ0) is 20.7. The van der Waals surface area contributed by atoms with E-state index >= 15 is 0 Å². The molecule has 6 nitrogen and oxygen atoms in total. The van der Waals surface area contributed by atoms with Gasteiger partial charge in [0.05, 0.1) is 6.42 Å². The highest BCUT2D eigenvalue weighted by molar-refractivity contribution is 5.99. The summed E-state index contributed by atoms with van der Waals surface area (Å²) in [7, 11) is 0. The van der Waals surface area contributed by atoms with Gasteiger partial charge in [0.15, 0.2) is 17.7 Å². The van der Waals surface area contributed by atoms with Gasteiger partial charge in [0.25, 0.3) is 5.91 Å². The SMILES string of the molecule is CC(=O)c1cccc(NC(=O)[C@H](C)OC(=O)CCC(=O)c2ccc(C)cc2)c1. The Balaban J connectivity index is 1.83. The van der Waals surface area contributed by atoms with Crippen molar-refractivity contribution in [2.75, 3.05) is 5.32 Å². The summed E-state index contributed by atoms with van der Waals surface area (Å²) in [6.07, 6.45) is -1.12. The van der Waals surface area contributed by atoms with Gasteiger partial charge >= 0.3 is 5.97 Å². The second-order valence-electron chi connectivity index (χ2n) is 6.55. The molecular weight excluding hydrogens is 358 g/mol. The second kappa shape index (κ2) is 9.60. The Morgan fingerprint density at radius 1 is 0.964 bits per heavy atom. The summed E-state index contributed by atoms with van der Waals surface area (Å²) >= 11 is 0. The number of nitrogens with one attached hydrogen (secondary N) is 1. The molecule has 0 aliphatic heterocycles. The summed E-state index contributed by atoms with van der Waals surface area (Å²) < 4.78 is 5.10. The molecule has 0 saturated carbocycles. The van der Waals surface area contributed by atoms with E-state index in [1.807, 2.05) is 19.1 Å². The van der Waals surface area contributed by atoms with E-state index in [9.17, 15) is 19.2 Å². The van der Waals surface area contributed by atoms with Gasteiger partial charge in [-0.15, -0.1) is 0 Å². The number of benzene rings is 2. The molecule has 2 rings (SSSR count). The molecule has 2 aromatic carbocycles. The first kappa shape index (κ1) is 21.0. The van der Waals surface area contributed by atoms with Crippen LogP contribution in [0, 0.1) is 6.92 Å². The lowest BCUT2D eigenvalue weighted by atomic mass is 10.1. The highest BCUT2D eigenvalue weighted by Gasteiger charge is 2.19. The smallest absolute Gasteiger partial charge is 0.307 e. The van der Waals surface area contributed by atoms with Crippen LogP contribution in [0.1, 0.15) is 53.0 Å². The third-order valence-electron chi connectivity index (χ3n) is 4.14. The van der Waals surface area contributed by atoms with Crippen LogP contribution in [-0.2, 0) is 14.3 Å². The summed E-state index contributed by atoms with van der Waals surface area (Å²) in [5.74, 6) is -1.41. The molecule has 2 aromatic rings. The molecule has 0 spiro atoms. The summed E-state index contributed by atoms with van der Waals surface area (Å²) in [4.78, 5) is 47.6. The van der Waals surface area contributed by atoms with Crippen molar-refractivity contribution in [2.24, 2.45) is 0 Å². The summed E-state index contributed by atoms with van der Waals surface area (Å²) in [6.45, 7) is 4.81. The molecule has 28 heavy (non-hydrogen) atoms. The molecule has 0 aromatic heterocycles. The van der Waals surface area contributed by atoms with Crippen LogP contribution in [0.15, 0.2) is 48.5 Å². The number of ketones is 2. The molecule has 0 saturated heterocycles. The number of aryl methyl sites for hydroxylation is 1. The lowest BCUT2D eigenvalue weighted by Gasteiger charge is -2.14. The Kier molecular flexibility index (Phi) is 7.21. The monoisotopic (exact) mass is 381 g/mol. The minimum Gasteiger partial charge on any atom is -0.453 e. The maximum atomic E-state index is 12.2. The van der Waals surface area contributed by atoms with Gasteiger partial charge < -0.3 is 10.1 Å². The van der Waals surface area contributed by atoms with Gasteiger partial charge in [-0.3, -0.25) is 19.2 Å². The van der Waals surface area contributed by atoms with E-state index in [1.165, 1.54) is 13.8 Å². The number of anilines is 1. The van der Waals surface area contributed by atoms with Gasteiger partial charge in [-0.25, -0.2) is 0 Å². The van der Waals surface area contributed by atoms with Gasteiger partial charge in [0, 0.05) is 23.2 Å². The molecule has 0 bridgehead atoms. The van der Waals surface area contributed by atoms with Crippen LogP contribution >= 0.6 is 0 Å². The number of rotatable bonds is 8. The van der Waals surface area contributed by atoms with Crippen molar-refractivity contribution in [2.45, 2.75) is 39.7 Å². The Labute approximate surface area is 163 Å². The minimum atomic E-state index is -1.03. The van der Waals surface area contributed by atoms with Crippen LogP contribution < -0.4 is 5.32 Å². The standard InChI is InChI=1S/C22H23NO5/c1-14-7-9-17(10-8-14)20(25)11-12-21(26)28-16(3)22(27)23-19-6-4-5-18(13-19)15(2)24/h4-10,13,16H,11-12H2,1-3H3,(H,23,27)/t16-/m0/s1. The topological polar surface area (TPSA) is 89.5 Å². The number of carbonyl (C=O) groups excluding carboxylic acids is 4. The molecule has 1 amide bonds. The van der Waals surface area contributed by atoms with Crippen molar-refractivity contribution >= 4 is 29.1 Å². The molecule has 0 unspecified atom stereocenters. The van der Waals surface area contributed by atoms with Gasteiger partial charge in [-0.1, -0.05) is 42.0 Å². The van der Waals surface area contributed by atoms with Crippen molar-refractivity contribution in [3.63, 3.8) is 0 Å². The zero-order valence-electron chi connectivity index (χ0n) is 16.2. The average Bonchev–Trinajstić information content (AvgIpc) is 2.66. The van der Waals surface area contributed by atoms with E-state index in [0.717, 1.165) is 5.56 Å². The van der Waals surface area contributed by atoms with Crippen molar-refractivity contribution in [3.05, 3.63) is 65.2 Å². The number of esters is 1. The Bertz CT molecular complexity index is 886. The van der Waals surface area contributed by atoms with Gasteiger partial charge in [-0.05, 0) is 32.9 Å². The summed E-state index contributed by atoms with van der Waals surface area (Å²) in [5, 5.41) is 2.60. The van der Waals surface area contributed by atoms with Crippen LogP contribution in [0.25, 0.3) is 0 Å². The first-order valence-electron chi connectivity index (χ1n) is 8.97. The second-order valence-corrected chi connectivity index (χ2v) is 6.55. The van der Waals surface area contributed by atoms with E-state index in [4.69, 9.17) is 4.74 Å². The fourth-order valence-corrected chi connectivity index (χ4v) is 2.47. The first-order valence-corrected chi connectivity index (χ1v) is 8.97. The highest BCUT2D eigenvalue weighted by Crippen LogP contribution is 2.13. The fraction of sp³-hybridized carbons (Fsp3) is 0.273. The number of hydrogen-bond donors (Lipinski definition) is 1. The molecule has 0 heterocycles. The summed E-state index contributed by atoms with van der Waals surface area (Å²) in [6, 6.07) is 13.6. The zero-order valence-corrected chi connectivity index (χ0v) is 16.2. The first-order chi connectivity index (χ1) is 13.3. The number of hydrogen-bond acceptors (Lipinski definition) is 5. The third-order valence-corrected chi connectivity index (χ3v) is 4.14. The van der Waals surface area contributed by atoms with Crippen LogP contribution in [-0.4, -0.2) is 29.5 Å². The Morgan fingerprint density at radius 3 is 2.29 bits per heavy atom. The number of ether oxygens (including phenoxy) is 1. The van der Waals surface area contributed by atoms with E-state index in [0.29, 0.717) is 16.8 Å². The minimum absolute atomic E-state index is 0.0108. The van der Waals surface area contributed by atoms with Crippen molar-refractivity contribution in [1.82, 2.24) is 0 Å². The van der Waals surface area contributed by atoms with Gasteiger partial charge in [-0.2, -0.15) is 0 Å². The molecule has 0 fully saturated rings. The van der Waals surface area contributed by atoms with Crippen LogP contribution in [0.4, 0.5) is 5.69 Å². The van der Waals surface area contributed by atoms with Crippen molar-refractivity contribution in [3.8, 4) is 0 Å². The summed E-state index contributed by atoms with van der Waals surface area (Å²) in [5.41, 5.74) is 2.49. The molecule has 6 heteroatoms. The lowest BCUT2D eigenvalue weighted by Crippen LogP contribution is -2.30. The quantitative estimate of drug-likeness (QED) is 0.556. The predicted molar refractivity (Wildman–Crippen MR) is 105 cm³/mol. The Morgan fingerprint density at radius 2 is 1.64 bits per heavy atom. The maximum Gasteiger partial charge on any atom is 0.307 e. The predicted octanol–water partition coefficient (Wildman–Crippen LogP) is 3.73. The van der Waals surface area contributed by atoms with Gasteiger partial charge in [0.1, 0.15) is 0 Å². The fourth-order valence-electron chi connectivity index (χ4n) is 2.47. The van der Waals surface area contributed by atoms with E-state index in [1.54, 1.807) is 36.4 Å². The molecule has 0 aliphatic carbocycles. The molecule has 0 radical (unpaired) electrons. The van der Waals surface area contributed by atoms with E-state index < -0.39 is 18.0 Å². The van der Waals surface area contributed by atoms with E-state index in [-0.39, 0.29) is 24.4 Å². The number of carbonyl (C=O) groups is 4. The normalized spacial score (nSPS) is 11.4. The largest absolute Gasteiger partial charge is 0.453 e. The average molecular weight is 381 g/mol. The maximum absolute atomic E-state index is 12.2. The number of amides is 1. The van der Waals surface area contributed by atoms with Crippen LogP contribution in [0.3, 0.4) is 0 Å². The van der Waals surface area contributed by atoms with Crippen molar-refractivity contribution < 1.29 is 23.9 Å². The Hall–Kier alpha value is -3.28. The molecular formula is C22H23NO5. The van der Waals surface area contributed by atoms with Gasteiger partial charge in [0.2, 0.25) is 0 Å². The van der Waals surface area contributed by atoms with Crippen molar-refractivity contribution in [1.29, 1.82) is 0 Å². The molecule has 1 atom stereocenters.